The average molecular weight is 332 g/mol. The molecule has 0 saturated heterocycles. The third kappa shape index (κ3) is 2.89. The second-order valence-electron chi connectivity index (χ2n) is 5.81. The molecule has 4 aromatic rings. The van der Waals surface area contributed by atoms with E-state index in [0.29, 0.717) is 23.9 Å². The van der Waals surface area contributed by atoms with E-state index in [9.17, 15) is 9.59 Å². The van der Waals surface area contributed by atoms with Gasteiger partial charge in [0.1, 0.15) is 0 Å². The summed E-state index contributed by atoms with van der Waals surface area (Å²) in [5, 5.41) is 4.85. The third-order valence-corrected chi connectivity index (χ3v) is 4.17. The first-order valence-corrected chi connectivity index (χ1v) is 8.03. The fraction of sp³-hybridized carbons (Fsp3) is 0.105. The monoisotopic (exact) mass is 332 g/mol. The summed E-state index contributed by atoms with van der Waals surface area (Å²) in [5.74, 6) is 0. The number of rotatable bonds is 4. The van der Waals surface area contributed by atoms with Crippen LogP contribution in [0.25, 0.3) is 16.6 Å². The molecule has 4 rings (SSSR count). The number of aromatic amines is 1. The van der Waals surface area contributed by atoms with Crippen molar-refractivity contribution in [2.24, 2.45) is 0 Å². The van der Waals surface area contributed by atoms with Gasteiger partial charge in [0.25, 0.3) is 5.56 Å². The van der Waals surface area contributed by atoms with Gasteiger partial charge in [0.05, 0.1) is 22.8 Å². The van der Waals surface area contributed by atoms with E-state index in [1.165, 1.54) is 4.57 Å². The maximum absolute atomic E-state index is 12.5. The summed E-state index contributed by atoms with van der Waals surface area (Å²) >= 11 is 0. The van der Waals surface area contributed by atoms with Crippen LogP contribution in [0.1, 0.15) is 5.56 Å². The molecule has 6 nitrogen and oxygen atoms in total. The van der Waals surface area contributed by atoms with Crippen LogP contribution < -0.4 is 11.2 Å². The number of H-pyrrole nitrogens is 1. The molecule has 2 heterocycles. The van der Waals surface area contributed by atoms with Gasteiger partial charge < -0.3 is 4.98 Å². The number of hydrogen-bond donors (Lipinski definition) is 1. The number of nitrogens with zero attached hydrogens (tertiary/aromatic N) is 3. The Kier molecular flexibility index (Phi) is 3.78. The summed E-state index contributed by atoms with van der Waals surface area (Å²) in [4.78, 5) is 27.5. The van der Waals surface area contributed by atoms with Crippen molar-refractivity contribution in [3.63, 3.8) is 0 Å². The molecule has 1 N–H and O–H groups in total. The molecule has 6 heteroatoms. The minimum absolute atomic E-state index is 0.269. The largest absolute Gasteiger partial charge is 0.328 e. The number of benzene rings is 2. The quantitative estimate of drug-likeness (QED) is 0.622. The van der Waals surface area contributed by atoms with Crippen LogP contribution in [0.15, 0.2) is 76.6 Å². The van der Waals surface area contributed by atoms with E-state index in [0.717, 1.165) is 11.3 Å². The number of aryl methyl sites for hydroxylation is 1. The molecule has 2 aromatic carbocycles. The van der Waals surface area contributed by atoms with Crippen molar-refractivity contribution in [3.05, 3.63) is 93.4 Å². The zero-order chi connectivity index (χ0) is 17.2. The zero-order valence-electron chi connectivity index (χ0n) is 13.4. The van der Waals surface area contributed by atoms with Crippen molar-refractivity contribution < 1.29 is 0 Å². The molecule has 0 bridgehead atoms. The van der Waals surface area contributed by atoms with E-state index in [2.05, 4.69) is 10.1 Å². The Morgan fingerprint density at radius 2 is 1.72 bits per heavy atom. The van der Waals surface area contributed by atoms with Gasteiger partial charge >= 0.3 is 5.69 Å². The maximum atomic E-state index is 12.5. The highest BCUT2D eigenvalue weighted by atomic mass is 16.2. The molecule has 0 unspecified atom stereocenters. The molecule has 0 atom stereocenters. The van der Waals surface area contributed by atoms with Gasteiger partial charge in [-0.1, -0.05) is 30.3 Å². The van der Waals surface area contributed by atoms with Crippen LogP contribution in [0.5, 0.6) is 0 Å². The highest BCUT2D eigenvalue weighted by molar-refractivity contribution is 5.76. The summed E-state index contributed by atoms with van der Waals surface area (Å²) in [6, 6.07) is 16.8. The van der Waals surface area contributed by atoms with Crippen LogP contribution in [0.2, 0.25) is 0 Å². The van der Waals surface area contributed by atoms with Crippen LogP contribution in [-0.4, -0.2) is 19.3 Å². The highest BCUT2D eigenvalue weighted by Crippen LogP contribution is 2.08. The Bertz CT molecular complexity index is 1140. The van der Waals surface area contributed by atoms with E-state index in [1.54, 1.807) is 35.1 Å². The number of fused-ring (bicyclic) bond motifs is 1. The van der Waals surface area contributed by atoms with Crippen LogP contribution >= 0.6 is 0 Å². The molecular formula is C19H16N4O2. The zero-order valence-corrected chi connectivity index (χ0v) is 13.4. The van der Waals surface area contributed by atoms with E-state index >= 15 is 0 Å². The highest BCUT2D eigenvalue weighted by Gasteiger charge is 2.08. The molecule has 0 aliphatic carbocycles. The van der Waals surface area contributed by atoms with Crippen LogP contribution in [0.3, 0.4) is 0 Å². The maximum Gasteiger partial charge on any atom is 0.328 e. The standard InChI is InChI=1S/C19H16N4O2/c24-18-16-8-4-5-9-17(16)21-19(25)22(18)11-10-14-12-20-23(13-14)15-6-2-1-3-7-15/h1-9,12-13H,10-11H2,(H,21,25). The van der Waals surface area contributed by atoms with Crippen LogP contribution in [0.4, 0.5) is 0 Å². The Morgan fingerprint density at radius 3 is 2.56 bits per heavy atom. The number of nitrogens with one attached hydrogen (secondary N) is 1. The van der Waals surface area contributed by atoms with Crippen molar-refractivity contribution >= 4 is 10.9 Å². The topological polar surface area (TPSA) is 72.7 Å². The lowest BCUT2D eigenvalue weighted by atomic mass is 10.2. The lowest BCUT2D eigenvalue weighted by Crippen LogP contribution is -2.35. The van der Waals surface area contributed by atoms with Crippen LogP contribution in [0, 0.1) is 0 Å². The van der Waals surface area contributed by atoms with Crippen LogP contribution in [-0.2, 0) is 13.0 Å². The SMILES string of the molecule is O=c1[nH]c2ccccc2c(=O)n1CCc1cnn(-c2ccccc2)c1. The summed E-state index contributed by atoms with van der Waals surface area (Å²) in [6.45, 7) is 0.305. The Balaban J connectivity index is 1.60. The van der Waals surface area contributed by atoms with E-state index in [-0.39, 0.29) is 11.2 Å². The summed E-state index contributed by atoms with van der Waals surface area (Å²) < 4.78 is 3.02. The third-order valence-electron chi connectivity index (χ3n) is 4.17. The number of aromatic nitrogens is 4. The normalized spacial score (nSPS) is 11.0. The average Bonchev–Trinajstić information content (AvgIpc) is 3.11. The first kappa shape index (κ1) is 15.1. The van der Waals surface area contributed by atoms with Gasteiger partial charge in [-0.2, -0.15) is 5.10 Å². The second kappa shape index (κ2) is 6.24. The predicted octanol–water partition coefficient (Wildman–Crippen LogP) is 2.12. The fourth-order valence-corrected chi connectivity index (χ4v) is 2.85. The number of hydrogen-bond acceptors (Lipinski definition) is 3. The molecule has 124 valence electrons. The second-order valence-corrected chi connectivity index (χ2v) is 5.81. The predicted molar refractivity (Wildman–Crippen MR) is 96.1 cm³/mol. The van der Waals surface area contributed by atoms with Gasteiger partial charge in [-0.05, 0) is 36.2 Å². The van der Waals surface area contributed by atoms with E-state index in [1.807, 2.05) is 36.5 Å². The lowest BCUT2D eigenvalue weighted by molar-refractivity contribution is 0.636. The molecule has 0 amide bonds. The molecule has 0 spiro atoms. The van der Waals surface area contributed by atoms with Crippen molar-refractivity contribution in [3.8, 4) is 5.69 Å². The molecular weight excluding hydrogens is 316 g/mol. The summed E-state index contributed by atoms with van der Waals surface area (Å²) in [5.41, 5.74) is 1.83. The van der Waals surface area contributed by atoms with Crippen molar-refractivity contribution in [1.82, 2.24) is 19.3 Å². The van der Waals surface area contributed by atoms with Crippen molar-refractivity contribution in [2.75, 3.05) is 0 Å². The van der Waals surface area contributed by atoms with E-state index < -0.39 is 0 Å². The Morgan fingerprint density at radius 1 is 0.960 bits per heavy atom. The summed E-state index contributed by atoms with van der Waals surface area (Å²) in [6.07, 6.45) is 4.22. The Hall–Kier alpha value is -3.41. The molecule has 0 fully saturated rings. The molecule has 2 aromatic heterocycles. The first-order valence-electron chi connectivity index (χ1n) is 8.03. The van der Waals surface area contributed by atoms with E-state index in [4.69, 9.17) is 0 Å². The van der Waals surface area contributed by atoms with Gasteiger partial charge in [0.2, 0.25) is 0 Å². The minimum Gasteiger partial charge on any atom is -0.307 e. The van der Waals surface area contributed by atoms with Gasteiger partial charge in [-0.15, -0.1) is 0 Å². The van der Waals surface area contributed by atoms with Gasteiger partial charge in [0, 0.05) is 12.7 Å². The molecule has 25 heavy (non-hydrogen) atoms. The van der Waals surface area contributed by atoms with Crippen molar-refractivity contribution in [2.45, 2.75) is 13.0 Å². The van der Waals surface area contributed by atoms with Gasteiger partial charge in [-0.3, -0.25) is 9.36 Å². The Labute approximate surface area is 143 Å². The fourth-order valence-electron chi connectivity index (χ4n) is 2.85. The van der Waals surface area contributed by atoms with Gasteiger partial charge in [0.15, 0.2) is 0 Å². The minimum atomic E-state index is -0.390. The summed E-state index contributed by atoms with van der Waals surface area (Å²) in [7, 11) is 0. The number of para-hydroxylation sites is 2. The van der Waals surface area contributed by atoms with Gasteiger partial charge in [-0.25, -0.2) is 9.48 Å². The lowest BCUT2D eigenvalue weighted by Gasteiger charge is -2.05. The van der Waals surface area contributed by atoms with Crippen molar-refractivity contribution in [1.29, 1.82) is 0 Å². The molecule has 0 saturated carbocycles. The molecule has 0 aliphatic heterocycles. The first-order chi connectivity index (χ1) is 12.2. The molecule has 0 radical (unpaired) electrons. The molecule has 0 aliphatic rings. The smallest absolute Gasteiger partial charge is 0.307 e.